The van der Waals surface area contributed by atoms with Gasteiger partial charge in [-0.15, -0.1) is 0 Å². The molecule has 0 unspecified atom stereocenters. The van der Waals surface area contributed by atoms with Gasteiger partial charge in [0.05, 0.1) is 11.5 Å². The number of ether oxygens (including phenoxy) is 1. The van der Waals surface area contributed by atoms with Gasteiger partial charge in [-0.1, -0.05) is 0 Å². The van der Waals surface area contributed by atoms with Gasteiger partial charge in [0.1, 0.15) is 11.6 Å². The molecule has 2 aromatic rings. The second-order valence-electron chi connectivity index (χ2n) is 7.48. The summed E-state index contributed by atoms with van der Waals surface area (Å²) in [5.74, 6) is 1.29. The zero-order valence-electron chi connectivity index (χ0n) is 18.0. The van der Waals surface area contributed by atoms with Gasteiger partial charge < -0.3 is 15.1 Å². The van der Waals surface area contributed by atoms with Crippen LogP contribution in [0.5, 0.6) is 5.75 Å². The number of hydrogen-bond donors (Lipinski definition) is 0. The highest BCUT2D eigenvalue weighted by atomic mass is 16.6. The topological polar surface area (TPSA) is 134 Å². The van der Waals surface area contributed by atoms with Crippen molar-refractivity contribution in [1.29, 1.82) is 0 Å². The van der Waals surface area contributed by atoms with Crippen molar-refractivity contribution in [3.05, 3.63) is 60.8 Å². The van der Waals surface area contributed by atoms with Crippen LogP contribution in [0.15, 0.2) is 33.9 Å². The predicted molar refractivity (Wildman–Crippen MR) is 117 cm³/mol. The SMILES string of the molecule is Cc1cc(OCCCN2CCN(c3cc(=O)n(C)c(=O)n3C)CC2)ccc1[N+](=O)[O-].O. The lowest BCUT2D eigenvalue weighted by Crippen LogP contribution is -2.49. The van der Waals surface area contributed by atoms with Crippen molar-refractivity contribution < 1.29 is 15.1 Å². The van der Waals surface area contributed by atoms with Gasteiger partial charge in [0.15, 0.2) is 0 Å². The molecule has 1 aromatic heterocycles. The van der Waals surface area contributed by atoms with Gasteiger partial charge >= 0.3 is 5.69 Å². The van der Waals surface area contributed by atoms with E-state index in [0.717, 1.165) is 43.7 Å². The van der Waals surface area contributed by atoms with Crippen molar-refractivity contribution in [2.24, 2.45) is 14.1 Å². The first-order chi connectivity index (χ1) is 14.3. The molecule has 0 atom stereocenters. The first-order valence-electron chi connectivity index (χ1n) is 9.90. The molecule has 170 valence electrons. The highest BCUT2D eigenvalue weighted by molar-refractivity contribution is 5.44. The summed E-state index contributed by atoms with van der Waals surface area (Å²) in [5.41, 5.74) is 0.0560. The minimum Gasteiger partial charge on any atom is -0.494 e. The molecule has 0 amide bonds. The Kier molecular flexibility index (Phi) is 7.95. The Morgan fingerprint density at radius 1 is 1.06 bits per heavy atom. The Morgan fingerprint density at radius 3 is 2.35 bits per heavy atom. The number of benzene rings is 1. The summed E-state index contributed by atoms with van der Waals surface area (Å²) < 4.78 is 8.34. The van der Waals surface area contributed by atoms with E-state index in [1.54, 1.807) is 26.1 Å². The monoisotopic (exact) mass is 435 g/mol. The lowest BCUT2D eigenvalue weighted by Gasteiger charge is -2.36. The van der Waals surface area contributed by atoms with E-state index in [-0.39, 0.29) is 22.4 Å². The van der Waals surface area contributed by atoms with Crippen LogP contribution in [0.4, 0.5) is 11.5 Å². The summed E-state index contributed by atoms with van der Waals surface area (Å²) in [7, 11) is 3.16. The number of aromatic nitrogens is 2. The molecule has 2 heterocycles. The fraction of sp³-hybridized carbons (Fsp3) is 0.500. The Labute approximate surface area is 179 Å². The van der Waals surface area contributed by atoms with E-state index in [9.17, 15) is 19.7 Å². The van der Waals surface area contributed by atoms with E-state index in [1.165, 1.54) is 23.7 Å². The van der Waals surface area contributed by atoms with Crippen molar-refractivity contribution in [2.45, 2.75) is 13.3 Å². The molecule has 0 saturated carbocycles. The van der Waals surface area contributed by atoms with Gasteiger partial charge in [-0.3, -0.25) is 28.9 Å². The molecule has 11 nitrogen and oxygen atoms in total. The number of piperazine rings is 1. The van der Waals surface area contributed by atoms with Crippen LogP contribution in [0.25, 0.3) is 0 Å². The number of nitro benzene ring substituents is 1. The zero-order chi connectivity index (χ0) is 21.8. The molecule has 1 aliphatic heterocycles. The molecule has 0 spiro atoms. The van der Waals surface area contributed by atoms with Gasteiger partial charge in [0.2, 0.25) is 0 Å². The molecule has 0 aliphatic carbocycles. The van der Waals surface area contributed by atoms with Gasteiger partial charge in [0, 0.05) is 64.5 Å². The number of aryl methyl sites for hydroxylation is 1. The molecule has 1 aromatic carbocycles. The van der Waals surface area contributed by atoms with E-state index in [1.807, 2.05) is 0 Å². The highest BCUT2D eigenvalue weighted by Gasteiger charge is 2.20. The number of anilines is 1. The largest absolute Gasteiger partial charge is 0.494 e. The number of nitro groups is 1. The number of nitrogens with zero attached hydrogens (tertiary/aromatic N) is 5. The smallest absolute Gasteiger partial charge is 0.332 e. The average Bonchev–Trinajstić information content (AvgIpc) is 2.72. The van der Waals surface area contributed by atoms with Crippen LogP contribution in [-0.2, 0) is 14.1 Å². The lowest BCUT2D eigenvalue weighted by atomic mass is 10.2. The Morgan fingerprint density at radius 2 is 1.74 bits per heavy atom. The van der Waals surface area contributed by atoms with Gasteiger partial charge in [0.25, 0.3) is 11.2 Å². The molecular weight excluding hydrogens is 406 g/mol. The maximum Gasteiger partial charge on any atom is 0.332 e. The Bertz CT molecular complexity index is 1040. The summed E-state index contributed by atoms with van der Waals surface area (Å²) in [6, 6.07) is 6.29. The van der Waals surface area contributed by atoms with Gasteiger partial charge in [-0.25, -0.2) is 4.79 Å². The van der Waals surface area contributed by atoms with E-state index >= 15 is 0 Å². The minimum absolute atomic E-state index is 0. The van der Waals surface area contributed by atoms with Crippen molar-refractivity contribution in [1.82, 2.24) is 14.0 Å². The van der Waals surface area contributed by atoms with Crippen LogP contribution in [0.2, 0.25) is 0 Å². The maximum absolute atomic E-state index is 12.1. The van der Waals surface area contributed by atoms with Gasteiger partial charge in [-0.2, -0.15) is 0 Å². The van der Waals surface area contributed by atoms with Crippen LogP contribution in [-0.4, -0.2) is 63.8 Å². The van der Waals surface area contributed by atoms with E-state index in [4.69, 9.17) is 4.74 Å². The summed E-state index contributed by atoms with van der Waals surface area (Å²) in [4.78, 5) is 38.9. The Hall–Kier alpha value is -3.18. The molecular formula is C20H29N5O6. The summed E-state index contributed by atoms with van der Waals surface area (Å²) in [5, 5.41) is 10.9. The highest BCUT2D eigenvalue weighted by Crippen LogP contribution is 2.23. The Balaban J connectivity index is 0.00000341. The molecule has 0 radical (unpaired) electrons. The third kappa shape index (κ3) is 5.50. The quantitative estimate of drug-likeness (QED) is 0.341. The molecule has 2 N–H and O–H groups in total. The molecule has 0 bridgehead atoms. The fourth-order valence-electron chi connectivity index (χ4n) is 3.63. The van der Waals surface area contributed by atoms with Crippen LogP contribution >= 0.6 is 0 Å². The second kappa shape index (κ2) is 10.2. The summed E-state index contributed by atoms with van der Waals surface area (Å²) >= 11 is 0. The van der Waals surface area contributed by atoms with Crippen molar-refractivity contribution in [3.8, 4) is 5.75 Å². The molecule has 31 heavy (non-hydrogen) atoms. The fourth-order valence-corrected chi connectivity index (χ4v) is 3.63. The molecule has 1 aliphatic rings. The van der Waals surface area contributed by atoms with Crippen molar-refractivity contribution >= 4 is 11.5 Å². The number of hydrogen-bond acceptors (Lipinski definition) is 7. The van der Waals surface area contributed by atoms with Gasteiger partial charge in [-0.05, 0) is 25.5 Å². The van der Waals surface area contributed by atoms with E-state index in [0.29, 0.717) is 23.7 Å². The predicted octanol–water partition coefficient (Wildman–Crippen LogP) is 0.0670. The van der Waals surface area contributed by atoms with Crippen molar-refractivity contribution in [3.63, 3.8) is 0 Å². The minimum atomic E-state index is -0.399. The first-order valence-corrected chi connectivity index (χ1v) is 9.90. The van der Waals surface area contributed by atoms with Crippen molar-refractivity contribution in [2.75, 3.05) is 44.2 Å². The standard InChI is InChI=1S/C20H27N5O5.H2O/c1-15-13-16(5-6-17(15)25(28)29)30-12-4-7-23-8-10-24(11-9-23)18-14-19(26)22(3)20(27)21(18)2;/h5-6,13-14H,4,7-12H2,1-3H3;1H2. The number of rotatable bonds is 7. The van der Waals surface area contributed by atoms with Crippen LogP contribution in [0, 0.1) is 17.0 Å². The summed E-state index contributed by atoms with van der Waals surface area (Å²) in [6.45, 7) is 6.24. The second-order valence-corrected chi connectivity index (χ2v) is 7.48. The summed E-state index contributed by atoms with van der Waals surface area (Å²) in [6.07, 6.45) is 0.834. The average molecular weight is 435 g/mol. The zero-order valence-corrected chi connectivity index (χ0v) is 18.0. The maximum atomic E-state index is 12.1. The van der Waals surface area contributed by atoms with Crippen LogP contribution in [0.3, 0.4) is 0 Å². The third-order valence-corrected chi connectivity index (χ3v) is 5.45. The van der Waals surface area contributed by atoms with Crippen LogP contribution < -0.4 is 20.9 Å². The molecule has 3 rings (SSSR count). The first kappa shape index (κ1) is 24.1. The third-order valence-electron chi connectivity index (χ3n) is 5.45. The molecule has 1 fully saturated rings. The van der Waals surface area contributed by atoms with E-state index < -0.39 is 4.92 Å². The lowest BCUT2D eigenvalue weighted by molar-refractivity contribution is -0.385. The molecule has 1 saturated heterocycles. The molecule has 11 heteroatoms. The van der Waals surface area contributed by atoms with E-state index in [2.05, 4.69) is 9.80 Å². The normalized spacial score (nSPS) is 14.2. The van der Waals surface area contributed by atoms with Crippen LogP contribution in [0.1, 0.15) is 12.0 Å².